The van der Waals surface area contributed by atoms with E-state index in [4.69, 9.17) is 4.74 Å². The van der Waals surface area contributed by atoms with Gasteiger partial charge in [0.1, 0.15) is 5.75 Å². The van der Waals surface area contributed by atoms with Crippen molar-refractivity contribution in [3.63, 3.8) is 0 Å². The van der Waals surface area contributed by atoms with Crippen molar-refractivity contribution in [1.29, 1.82) is 0 Å². The number of nitrogens with zero attached hydrogens (tertiary/aromatic N) is 2. The molecule has 3 aromatic rings. The Hall–Kier alpha value is -3.45. The number of carbonyl (C=O) groups is 1. The number of rotatable bonds is 4. The van der Waals surface area contributed by atoms with Crippen LogP contribution in [0.1, 0.15) is 36.6 Å². The summed E-state index contributed by atoms with van der Waals surface area (Å²) in [5.41, 5.74) is 3.33. The number of esters is 1. The molecule has 31 heavy (non-hydrogen) atoms. The predicted octanol–water partition coefficient (Wildman–Crippen LogP) is 2.81. The van der Waals surface area contributed by atoms with E-state index in [1.807, 2.05) is 37.3 Å². The van der Waals surface area contributed by atoms with Gasteiger partial charge in [0, 0.05) is 0 Å². The zero-order chi connectivity index (χ0) is 22.1. The second-order valence-corrected chi connectivity index (χ2v) is 8.32. The standard InChI is InChI=1S/C24H22N2O4S/c1-4-30-23(29)20-15(3)25-24-26(21(20)17-8-10-18(27)11-9-17)22(28)19(31-24)13-16-7-5-6-14(2)12-16/h5-13,21,27H,4H2,1-3H3/b19-13+/t21-/m1/s1. The minimum Gasteiger partial charge on any atom is -0.508 e. The molecule has 0 saturated carbocycles. The van der Waals surface area contributed by atoms with Crippen LogP contribution in [0.25, 0.3) is 6.08 Å². The maximum Gasteiger partial charge on any atom is 0.338 e. The van der Waals surface area contributed by atoms with E-state index in [-0.39, 0.29) is 17.9 Å². The van der Waals surface area contributed by atoms with E-state index >= 15 is 0 Å². The van der Waals surface area contributed by atoms with E-state index in [0.29, 0.717) is 26.2 Å². The second-order valence-electron chi connectivity index (χ2n) is 7.31. The molecule has 0 radical (unpaired) electrons. The average molecular weight is 435 g/mol. The summed E-state index contributed by atoms with van der Waals surface area (Å²) < 4.78 is 7.34. The average Bonchev–Trinajstić information content (AvgIpc) is 3.02. The van der Waals surface area contributed by atoms with Gasteiger partial charge in [-0.25, -0.2) is 9.79 Å². The molecule has 0 spiro atoms. The van der Waals surface area contributed by atoms with Gasteiger partial charge >= 0.3 is 5.97 Å². The zero-order valence-corrected chi connectivity index (χ0v) is 18.3. The molecular formula is C24H22N2O4S. The number of carbonyl (C=O) groups excluding carboxylic acids is 1. The lowest BCUT2D eigenvalue weighted by Crippen LogP contribution is -2.39. The first kappa shape index (κ1) is 20.8. The highest BCUT2D eigenvalue weighted by Crippen LogP contribution is 2.31. The Morgan fingerprint density at radius 3 is 2.65 bits per heavy atom. The lowest BCUT2D eigenvalue weighted by atomic mass is 9.96. The van der Waals surface area contributed by atoms with Gasteiger partial charge in [-0.05, 0) is 50.1 Å². The Kier molecular flexibility index (Phi) is 5.61. The van der Waals surface area contributed by atoms with Gasteiger partial charge in [0.2, 0.25) is 0 Å². The third-order valence-corrected chi connectivity index (χ3v) is 6.05. The van der Waals surface area contributed by atoms with Crippen molar-refractivity contribution in [2.45, 2.75) is 26.8 Å². The molecule has 158 valence electrons. The normalized spacial score (nSPS) is 16.1. The molecule has 0 aliphatic carbocycles. The number of fused-ring (bicyclic) bond motifs is 1. The topological polar surface area (TPSA) is 80.9 Å². The molecule has 6 nitrogen and oxygen atoms in total. The van der Waals surface area contributed by atoms with Gasteiger partial charge in [-0.15, -0.1) is 0 Å². The zero-order valence-electron chi connectivity index (χ0n) is 17.5. The van der Waals surface area contributed by atoms with Gasteiger partial charge in [-0.2, -0.15) is 0 Å². The molecule has 0 amide bonds. The Morgan fingerprint density at radius 1 is 1.23 bits per heavy atom. The molecule has 1 aromatic heterocycles. The van der Waals surface area contributed by atoms with E-state index in [2.05, 4.69) is 4.99 Å². The summed E-state index contributed by atoms with van der Waals surface area (Å²) in [5.74, 6) is -0.399. The van der Waals surface area contributed by atoms with Gasteiger partial charge < -0.3 is 9.84 Å². The summed E-state index contributed by atoms with van der Waals surface area (Å²) in [4.78, 5) is 31.3. The number of ether oxygens (including phenoxy) is 1. The van der Waals surface area contributed by atoms with Crippen molar-refractivity contribution in [3.8, 4) is 5.75 Å². The number of hydrogen-bond donors (Lipinski definition) is 1. The molecule has 2 heterocycles. The molecule has 0 unspecified atom stereocenters. The Balaban J connectivity index is 1.96. The number of aryl methyl sites for hydroxylation is 1. The molecule has 4 rings (SSSR count). The maximum atomic E-state index is 13.4. The largest absolute Gasteiger partial charge is 0.508 e. The summed E-state index contributed by atoms with van der Waals surface area (Å²) in [7, 11) is 0. The first-order chi connectivity index (χ1) is 14.9. The fraction of sp³-hybridized carbons (Fsp3) is 0.208. The minimum absolute atomic E-state index is 0.106. The Bertz CT molecular complexity index is 1360. The van der Waals surface area contributed by atoms with Crippen LogP contribution in [-0.4, -0.2) is 22.2 Å². The third kappa shape index (κ3) is 3.96. The first-order valence-electron chi connectivity index (χ1n) is 9.94. The van der Waals surface area contributed by atoms with Gasteiger partial charge in [-0.1, -0.05) is 53.3 Å². The van der Waals surface area contributed by atoms with E-state index in [1.54, 1.807) is 26.0 Å². The van der Waals surface area contributed by atoms with Gasteiger partial charge in [0.15, 0.2) is 4.80 Å². The summed E-state index contributed by atoms with van der Waals surface area (Å²) >= 11 is 1.29. The number of phenolic OH excluding ortho intramolecular Hbond substituents is 1. The second kappa shape index (κ2) is 8.35. The van der Waals surface area contributed by atoms with Crippen molar-refractivity contribution >= 4 is 23.4 Å². The van der Waals surface area contributed by atoms with Crippen LogP contribution in [0.5, 0.6) is 5.75 Å². The van der Waals surface area contributed by atoms with Crippen LogP contribution >= 0.6 is 11.3 Å². The molecular weight excluding hydrogens is 412 g/mol. The number of allylic oxidation sites excluding steroid dienone is 1. The summed E-state index contributed by atoms with van der Waals surface area (Å²) in [6, 6.07) is 13.7. The molecule has 0 bridgehead atoms. The summed E-state index contributed by atoms with van der Waals surface area (Å²) in [5, 5.41) is 9.71. The third-order valence-electron chi connectivity index (χ3n) is 5.07. The predicted molar refractivity (Wildman–Crippen MR) is 120 cm³/mol. The smallest absolute Gasteiger partial charge is 0.338 e. The van der Waals surface area contributed by atoms with Crippen LogP contribution < -0.4 is 14.9 Å². The van der Waals surface area contributed by atoms with Crippen LogP contribution in [0.15, 0.2) is 69.6 Å². The highest BCUT2D eigenvalue weighted by molar-refractivity contribution is 7.07. The van der Waals surface area contributed by atoms with Gasteiger partial charge in [0.05, 0.1) is 28.5 Å². The lowest BCUT2D eigenvalue weighted by Gasteiger charge is -2.24. The molecule has 1 aliphatic heterocycles. The van der Waals surface area contributed by atoms with Crippen LogP contribution in [0, 0.1) is 6.92 Å². The molecule has 0 fully saturated rings. The molecule has 2 aromatic carbocycles. The molecule has 1 aliphatic rings. The van der Waals surface area contributed by atoms with Crippen LogP contribution in [0.3, 0.4) is 0 Å². The van der Waals surface area contributed by atoms with E-state index in [9.17, 15) is 14.7 Å². The number of aromatic nitrogens is 1. The first-order valence-corrected chi connectivity index (χ1v) is 10.8. The van der Waals surface area contributed by atoms with Crippen LogP contribution in [-0.2, 0) is 9.53 Å². The lowest BCUT2D eigenvalue weighted by molar-refractivity contribution is -0.139. The minimum atomic E-state index is -0.685. The number of thiazole rings is 1. The fourth-order valence-electron chi connectivity index (χ4n) is 3.67. The molecule has 1 atom stereocenters. The van der Waals surface area contributed by atoms with Gasteiger partial charge in [-0.3, -0.25) is 9.36 Å². The van der Waals surface area contributed by atoms with E-state index in [0.717, 1.165) is 11.1 Å². The highest BCUT2D eigenvalue weighted by Gasteiger charge is 2.33. The van der Waals surface area contributed by atoms with E-state index < -0.39 is 12.0 Å². The maximum absolute atomic E-state index is 13.4. The van der Waals surface area contributed by atoms with Crippen molar-refractivity contribution in [2.75, 3.05) is 6.61 Å². The number of hydrogen-bond acceptors (Lipinski definition) is 6. The quantitative estimate of drug-likeness (QED) is 0.641. The Morgan fingerprint density at radius 2 is 1.97 bits per heavy atom. The van der Waals surface area contributed by atoms with Crippen molar-refractivity contribution in [1.82, 2.24) is 4.57 Å². The van der Waals surface area contributed by atoms with Crippen molar-refractivity contribution < 1.29 is 14.6 Å². The number of aromatic hydroxyl groups is 1. The molecule has 1 N–H and O–H groups in total. The van der Waals surface area contributed by atoms with Crippen molar-refractivity contribution in [2.24, 2.45) is 4.99 Å². The molecule has 0 saturated heterocycles. The van der Waals surface area contributed by atoms with Crippen molar-refractivity contribution in [3.05, 3.63) is 96.2 Å². The van der Waals surface area contributed by atoms with Gasteiger partial charge in [0.25, 0.3) is 5.56 Å². The van der Waals surface area contributed by atoms with Crippen LogP contribution in [0.4, 0.5) is 0 Å². The highest BCUT2D eigenvalue weighted by atomic mass is 32.1. The summed E-state index contributed by atoms with van der Waals surface area (Å²) in [6.45, 7) is 5.70. The fourth-order valence-corrected chi connectivity index (χ4v) is 4.72. The monoisotopic (exact) mass is 434 g/mol. The van der Waals surface area contributed by atoms with E-state index in [1.165, 1.54) is 28.0 Å². The molecule has 7 heteroatoms. The van der Waals surface area contributed by atoms with Crippen LogP contribution in [0.2, 0.25) is 0 Å². The Labute approximate surface area is 183 Å². The number of benzene rings is 2. The number of phenols is 1. The summed E-state index contributed by atoms with van der Waals surface area (Å²) in [6.07, 6.45) is 1.84. The SMILES string of the molecule is CCOC(=O)C1=C(C)N=c2s/c(=C/c3cccc(C)c3)c(=O)n2[C@@H]1c1ccc(O)cc1.